The lowest BCUT2D eigenvalue weighted by molar-refractivity contribution is -0.139. The minimum absolute atomic E-state index is 0.0574. The van der Waals surface area contributed by atoms with Crippen LogP contribution >= 0.6 is 0 Å². The molecule has 0 radical (unpaired) electrons. The van der Waals surface area contributed by atoms with Gasteiger partial charge in [0, 0.05) is 44.7 Å². The number of benzene rings is 1. The van der Waals surface area contributed by atoms with Gasteiger partial charge >= 0.3 is 0 Å². The molecule has 130 valence electrons. The maximum Gasteiger partial charge on any atom is 0.240 e. The first kappa shape index (κ1) is 16.1. The largest absolute Gasteiger partial charge is 0.378 e. The number of morpholine rings is 1. The van der Waals surface area contributed by atoms with E-state index < -0.39 is 0 Å². The zero-order valence-electron chi connectivity index (χ0n) is 14.5. The molecule has 1 aromatic rings. The topological polar surface area (TPSA) is 36.0 Å². The van der Waals surface area contributed by atoms with Crippen molar-refractivity contribution in [3.63, 3.8) is 0 Å². The molecule has 3 aliphatic rings. The van der Waals surface area contributed by atoms with Gasteiger partial charge in [0.15, 0.2) is 0 Å². The van der Waals surface area contributed by atoms with Crippen LogP contribution in [0.4, 0.5) is 0 Å². The standard InChI is InChI=1S/C19H27N3O2/c1-20-13-19(11-17(20)18(23)22-7-9-24-10-8-22)14-21(15-19)12-16-5-3-2-4-6-16/h2-6,17H,7-15H2,1H3/t17-/m0/s1. The Hall–Kier alpha value is -1.43. The van der Waals surface area contributed by atoms with E-state index in [4.69, 9.17) is 4.74 Å². The van der Waals surface area contributed by atoms with Crippen molar-refractivity contribution < 1.29 is 9.53 Å². The molecule has 5 heteroatoms. The van der Waals surface area contributed by atoms with Crippen LogP contribution in [0.2, 0.25) is 0 Å². The van der Waals surface area contributed by atoms with Crippen molar-refractivity contribution in [1.82, 2.24) is 14.7 Å². The molecule has 1 spiro atoms. The Morgan fingerprint density at radius 2 is 1.88 bits per heavy atom. The second kappa shape index (κ2) is 6.47. The minimum atomic E-state index is 0.0574. The van der Waals surface area contributed by atoms with Crippen LogP contribution in [0.25, 0.3) is 0 Å². The number of likely N-dealkylation sites (N-methyl/N-ethyl adjacent to an activating group) is 1. The molecule has 3 aliphatic heterocycles. The molecule has 3 heterocycles. The number of amides is 1. The summed E-state index contributed by atoms with van der Waals surface area (Å²) in [6.07, 6.45) is 1.00. The lowest BCUT2D eigenvalue weighted by Crippen LogP contribution is -2.56. The summed E-state index contributed by atoms with van der Waals surface area (Å²) in [5, 5.41) is 0. The zero-order chi connectivity index (χ0) is 16.6. The molecular formula is C19H27N3O2. The lowest BCUT2D eigenvalue weighted by atomic mass is 9.77. The molecule has 1 atom stereocenters. The molecule has 1 amide bonds. The van der Waals surface area contributed by atoms with Gasteiger partial charge in [0.05, 0.1) is 19.3 Å². The van der Waals surface area contributed by atoms with Gasteiger partial charge in [-0.05, 0) is 19.0 Å². The van der Waals surface area contributed by atoms with E-state index >= 15 is 0 Å². The van der Waals surface area contributed by atoms with Gasteiger partial charge in [0.2, 0.25) is 5.91 Å². The smallest absolute Gasteiger partial charge is 0.240 e. The van der Waals surface area contributed by atoms with Crippen LogP contribution in [0.15, 0.2) is 30.3 Å². The van der Waals surface area contributed by atoms with Crippen molar-refractivity contribution in [3.8, 4) is 0 Å². The van der Waals surface area contributed by atoms with Crippen LogP contribution < -0.4 is 0 Å². The summed E-state index contributed by atoms with van der Waals surface area (Å²) >= 11 is 0. The summed E-state index contributed by atoms with van der Waals surface area (Å²) in [7, 11) is 2.11. The van der Waals surface area contributed by atoms with Crippen molar-refractivity contribution in [1.29, 1.82) is 0 Å². The monoisotopic (exact) mass is 329 g/mol. The van der Waals surface area contributed by atoms with Crippen molar-refractivity contribution in [2.45, 2.75) is 19.0 Å². The molecular weight excluding hydrogens is 302 g/mol. The Kier molecular flexibility index (Phi) is 4.33. The third-order valence-electron chi connectivity index (χ3n) is 5.72. The summed E-state index contributed by atoms with van der Waals surface area (Å²) in [5.74, 6) is 0.305. The van der Waals surface area contributed by atoms with Gasteiger partial charge in [-0.1, -0.05) is 30.3 Å². The number of carbonyl (C=O) groups is 1. The van der Waals surface area contributed by atoms with Crippen LogP contribution in [0.5, 0.6) is 0 Å². The zero-order valence-corrected chi connectivity index (χ0v) is 14.5. The molecule has 4 rings (SSSR count). The fourth-order valence-corrected chi connectivity index (χ4v) is 4.63. The van der Waals surface area contributed by atoms with Crippen LogP contribution in [0.1, 0.15) is 12.0 Å². The Bertz CT molecular complexity index is 580. The molecule has 5 nitrogen and oxygen atoms in total. The van der Waals surface area contributed by atoms with Gasteiger partial charge in [0.25, 0.3) is 0 Å². The Morgan fingerprint density at radius 3 is 2.58 bits per heavy atom. The summed E-state index contributed by atoms with van der Waals surface area (Å²) in [4.78, 5) is 19.6. The van der Waals surface area contributed by atoms with Gasteiger partial charge < -0.3 is 9.64 Å². The second-order valence-corrected chi connectivity index (χ2v) is 7.70. The lowest BCUT2D eigenvalue weighted by Gasteiger charge is -2.48. The number of hydrogen-bond acceptors (Lipinski definition) is 4. The molecule has 0 N–H and O–H groups in total. The van der Waals surface area contributed by atoms with E-state index in [9.17, 15) is 4.79 Å². The molecule has 0 bridgehead atoms. The molecule has 0 aliphatic carbocycles. The van der Waals surface area contributed by atoms with Crippen molar-refractivity contribution in [2.75, 3.05) is 53.0 Å². The summed E-state index contributed by atoms with van der Waals surface area (Å²) in [5.41, 5.74) is 1.69. The third-order valence-corrected chi connectivity index (χ3v) is 5.72. The van der Waals surface area contributed by atoms with Crippen LogP contribution in [0.3, 0.4) is 0 Å². The third kappa shape index (κ3) is 3.08. The van der Waals surface area contributed by atoms with Gasteiger partial charge in [-0.3, -0.25) is 14.6 Å². The summed E-state index contributed by atoms with van der Waals surface area (Å²) in [6, 6.07) is 10.7. The van der Waals surface area contributed by atoms with Crippen molar-refractivity contribution >= 4 is 5.91 Å². The predicted octanol–water partition coefficient (Wildman–Crippen LogP) is 1.05. The quantitative estimate of drug-likeness (QED) is 0.831. The average Bonchev–Trinajstić information content (AvgIpc) is 2.93. The molecule has 1 aromatic carbocycles. The normalized spacial score (nSPS) is 27.4. The highest BCUT2D eigenvalue weighted by Crippen LogP contribution is 2.43. The number of ether oxygens (including phenoxy) is 1. The highest BCUT2D eigenvalue weighted by molar-refractivity contribution is 5.82. The SMILES string of the molecule is CN1CC2(C[C@H]1C(=O)N1CCOCC1)CN(Cc1ccccc1)C2. The Morgan fingerprint density at radius 1 is 1.17 bits per heavy atom. The van der Waals surface area contributed by atoms with E-state index in [2.05, 4.69) is 47.2 Å². The fraction of sp³-hybridized carbons (Fsp3) is 0.632. The molecule has 0 aromatic heterocycles. The van der Waals surface area contributed by atoms with Gasteiger partial charge in [-0.15, -0.1) is 0 Å². The van der Waals surface area contributed by atoms with E-state index in [1.165, 1.54) is 5.56 Å². The Labute approximate surface area is 144 Å². The maximum atomic E-state index is 12.8. The van der Waals surface area contributed by atoms with E-state index in [1.54, 1.807) is 0 Å². The van der Waals surface area contributed by atoms with E-state index in [-0.39, 0.29) is 6.04 Å². The van der Waals surface area contributed by atoms with Crippen molar-refractivity contribution in [2.24, 2.45) is 5.41 Å². The van der Waals surface area contributed by atoms with Gasteiger partial charge in [-0.25, -0.2) is 0 Å². The maximum absolute atomic E-state index is 12.8. The molecule has 0 saturated carbocycles. The number of likely N-dealkylation sites (tertiary alicyclic amines) is 2. The van der Waals surface area contributed by atoms with Crippen molar-refractivity contribution in [3.05, 3.63) is 35.9 Å². The van der Waals surface area contributed by atoms with E-state index in [1.807, 2.05) is 4.90 Å². The molecule has 24 heavy (non-hydrogen) atoms. The van der Waals surface area contributed by atoms with E-state index in [0.717, 1.165) is 45.7 Å². The average molecular weight is 329 g/mol. The summed E-state index contributed by atoms with van der Waals surface area (Å²) < 4.78 is 5.37. The second-order valence-electron chi connectivity index (χ2n) is 7.70. The highest BCUT2D eigenvalue weighted by Gasteiger charge is 2.52. The Balaban J connectivity index is 1.33. The molecule has 3 fully saturated rings. The minimum Gasteiger partial charge on any atom is -0.378 e. The van der Waals surface area contributed by atoms with Crippen LogP contribution in [-0.2, 0) is 16.1 Å². The predicted molar refractivity (Wildman–Crippen MR) is 92.6 cm³/mol. The van der Waals surface area contributed by atoms with Gasteiger partial charge in [0.1, 0.15) is 0 Å². The highest BCUT2D eigenvalue weighted by atomic mass is 16.5. The first-order chi connectivity index (χ1) is 11.7. The molecule has 3 saturated heterocycles. The first-order valence-corrected chi connectivity index (χ1v) is 8.98. The fourth-order valence-electron chi connectivity index (χ4n) is 4.63. The van der Waals surface area contributed by atoms with Gasteiger partial charge in [-0.2, -0.15) is 0 Å². The summed E-state index contributed by atoms with van der Waals surface area (Å²) in [6.45, 7) is 7.13. The van der Waals surface area contributed by atoms with Crippen LogP contribution in [-0.4, -0.2) is 79.6 Å². The first-order valence-electron chi connectivity index (χ1n) is 8.98. The number of carbonyl (C=O) groups excluding carboxylic acids is 1. The molecule has 0 unspecified atom stereocenters. The van der Waals surface area contributed by atoms with E-state index in [0.29, 0.717) is 24.5 Å². The number of hydrogen-bond donors (Lipinski definition) is 0. The van der Waals surface area contributed by atoms with Crippen LogP contribution in [0, 0.1) is 5.41 Å². The number of rotatable bonds is 3. The number of nitrogens with zero attached hydrogens (tertiary/aromatic N) is 3.